The quantitative estimate of drug-likeness (QED) is 0.903. The summed E-state index contributed by atoms with van der Waals surface area (Å²) >= 11 is 4.85. The smallest absolute Gasteiger partial charge is 0.252 e. The number of thiophene rings is 1. The minimum atomic E-state index is -0.0564. The SMILES string of the molecule is COCc1cccc(CNC(=O)c2csc(Br)c2)c1. The standard InChI is InChI=1S/C14H14BrNO2S/c1-18-8-11-4-2-3-10(5-11)7-16-14(17)12-6-13(15)19-9-12/h2-6,9H,7-8H2,1H3,(H,16,17). The Balaban J connectivity index is 1.95. The first-order chi connectivity index (χ1) is 9.19. The molecule has 0 unspecified atom stereocenters. The van der Waals surface area contributed by atoms with Crippen molar-refractivity contribution in [2.45, 2.75) is 13.2 Å². The number of halogens is 1. The lowest BCUT2D eigenvalue weighted by atomic mass is 10.1. The Hall–Kier alpha value is -1.17. The zero-order valence-corrected chi connectivity index (χ0v) is 12.9. The molecule has 2 rings (SSSR count). The molecule has 0 aliphatic rings. The van der Waals surface area contributed by atoms with Gasteiger partial charge in [-0.3, -0.25) is 4.79 Å². The Morgan fingerprint density at radius 3 is 2.84 bits per heavy atom. The van der Waals surface area contributed by atoms with Crippen LogP contribution >= 0.6 is 27.3 Å². The van der Waals surface area contributed by atoms with Crippen molar-refractivity contribution in [1.82, 2.24) is 5.32 Å². The number of nitrogens with one attached hydrogen (secondary N) is 1. The second-order valence-corrected chi connectivity index (χ2v) is 6.37. The average Bonchev–Trinajstić information content (AvgIpc) is 2.84. The molecule has 0 atom stereocenters. The molecule has 1 amide bonds. The third-order valence-electron chi connectivity index (χ3n) is 2.59. The van der Waals surface area contributed by atoms with E-state index in [1.807, 2.05) is 35.7 Å². The van der Waals surface area contributed by atoms with E-state index in [1.54, 1.807) is 7.11 Å². The molecule has 0 aliphatic heterocycles. The van der Waals surface area contributed by atoms with Crippen molar-refractivity contribution < 1.29 is 9.53 Å². The monoisotopic (exact) mass is 339 g/mol. The predicted octanol–water partition coefficient (Wildman–Crippen LogP) is 3.59. The number of rotatable bonds is 5. The third-order valence-corrected chi connectivity index (χ3v) is 4.09. The topological polar surface area (TPSA) is 38.3 Å². The van der Waals surface area contributed by atoms with Crippen LogP contribution in [-0.2, 0) is 17.9 Å². The van der Waals surface area contributed by atoms with Crippen LogP contribution in [0.1, 0.15) is 21.5 Å². The second kappa shape index (κ2) is 6.84. The number of amides is 1. The molecule has 1 aromatic heterocycles. The molecule has 5 heteroatoms. The highest BCUT2D eigenvalue weighted by atomic mass is 79.9. The van der Waals surface area contributed by atoms with Gasteiger partial charge in [0, 0.05) is 19.0 Å². The summed E-state index contributed by atoms with van der Waals surface area (Å²) in [6.45, 7) is 1.10. The molecule has 0 aliphatic carbocycles. The lowest BCUT2D eigenvalue weighted by Gasteiger charge is -2.06. The summed E-state index contributed by atoms with van der Waals surface area (Å²) in [6.07, 6.45) is 0. The van der Waals surface area contributed by atoms with Gasteiger partial charge >= 0.3 is 0 Å². The van der Waals surface area contributed by atoms with E-state index in [0.29, 0.717) is 18.7 Å². The first-order valence-electron chi connectivity index (χ1n) is 5.78. The summed E-state index contributed by atoms with van der Waals surface area (Å²) in [5.41, 5.74) is 2.86. The lowest BCUT2D eigenvalue weighted by molar-refractivity contribution is 0.0951. The van der Waals surface area contributed by atoms with Gasteiger partial charge in [-0.2, -0.15) is 0 Å². The van der Waals surface area contributed by atoms with Gasteiger partial charge in [0.1, 0.15) is 0 Å². The van der Waals surface area contributed by atoms with Crippen LogP contribution < -0.4 is 5.32 Å². The average molecular weight is 340 g/mol. The number of hydrogen-bond acceptors (Lipinski definition) is 3. The first kappa shape index (κ1) is 14.2. The van der Waals surface area contributed by atoms with E-state index in [9.17, 15) is 4.79 Å². The lowest BCUT2D eigenvalue weighted by Crippen LogP contribution is -2.22. The van der Waals surface area contributed by atoms with Crippen LogP contribution in [-0.4, -0.2) is 13.0 Å². The zero-order chi connectivity index (χ0) is 13.7. The zero-order valence-electron chi connectivity index (χ0n) is 10.5. The van der Waals surface area contributed by atoms with E-state index in [4.69, 9.17) is 4.74 Å². The number of methoxy groups -OCH3 is 1. The molecule has 0 spiro atoms. The molecule has 0 radical (unpaired) electrons. The molecule has 1 aromatic carbocycles. The van der Waals surface area contributed by atoms with Crippen LogP contribution in [0.4, 0.5) is 0 Å². The summed E-state index contributed by atoms with van der Waals surface area (Å²) in [7, 11) is 1.67. The molecule has 19 heavy (non-hydrogen) atoms. The van der Waals surface area contributed by atoms with Crippen molar-refractivity contribution in [1.29, 1.82) is 0 Å². The largest absolute Gasteiger partial charge is 0.380 e. The number of carbonyl (C=O) groups excluding carboxylic acids is 1. The molecule has 1 N–H and O–H groups in total. The van der Waals surface area contributed by atoms with Crippen LogP contribution in [0.5, 0.6) is 0 Å². The maximum absolute atomic E-state index is 11.9. The minimum absolute atomic E-state index is 0.0564. The summed E-state index contributed by atoms with van der Waals surface area (Å²) in [6, 6.07) is 9.82. The van der Waals surface area contributed by atoms with E-state index >= 15 is 0 Å². The fourth-order valence-corrected chi connectivity index (χ4v) is 2.85. The van der Waals surface area contributed by atoms with Crippen LogP contribution in [0.2, 0.25) is 0 Å². The summed E-state index contributed by atoms with van der Waals surface area (Å²) in [5.74, 6) is -0.0564. The van der Waals surface area contributed by atoms with Crippen molar-refractivity contribution >= 4 is 33.2 Å². The van der Waals surface area contributed by atoms with Crippen molar-refractivity contribution in [3.8, 4) is 0 Å². The summed E-state index contributed by atoms with van der Waals surface area (Å²) in [4.78, 5) is 11.9. The van der Waals surface area contributed by atoms with E-state index < -0.39 is 0 Å². The van der Waals surface area contributed by atoms with Crippen molar-refractivity contribution in [2.24, 2.45) is 0 Å². The molecule has 1 heterocycles. The third kappa shape index (κ3) is 4.16. The van der Waals surface area contributed by atoms with Crippen molar-refractivity contribution in [2.75, 3.05) is 7.11 Å². The normalized spacial score (nSPS) is 10.4. The van der Waals surface area contributed by atoms with Crippen LogP contribution in [0.3, 0.4) is 0 Å². The highest BCUT2D eigenvalue weighted by Gasteiger charge is 2.07. The number of hydrogen-bond donors (Lipinski definition) is 1. The number of carbonyl (C=O) groups is 1. The molecule has 2 aromatic rings. The highest BCUT2D eigenvalue weighted by Crippen LogP contribution is 2.20. The molecule has 0 saturated heterocycles. The molecular weight excluding hydrogens is 326 g/mol. The van der Waals surface area contributed by atoms with Gasteiger partial charge in [0.15, 0.2) is 0 Å². The fraction of sp³-hybridized carbons (Fsp3) is 0.214. The van der Waals surface area contributed by atoms with E-state index in [1.165, 1.54) is 11.3 Å². The van der Waals surface area contributed by atoms with E-state index in [-0.39, 0.29) is 5.91 Å². The molecule has 0 fully saturated rings. The van der Waals surface area contributed by atoms with Crippen LogP contribution in [0, 0.1) is 0 Å². The second-order valence-electron chi connectivity index (χ2n) is 4.08. The first-order valence-corrected chi connectivity index (χ1v) is 7.45. The molecular formula is C14H14BrNO2S. The van der Waals surface area contributed by atoms with Gasteiger partial charge in [-0.15, -0.1) is 11.3 Å². The predicted molar refractivity (Wildman–Crippen MR) is 80.3 cm³/mol. The van der Waals surface area contributed by atoms with Gasteiger partial charge in [-0.25, -0.2) is 0 Å². The fourth-order valence-electron chi connectivity index (χ4n) is 1.71. The molecule has 0 bridgehead atoms. The number of benzene rings is 1. The Bertz CT molecular complexity index is 568. The maximum atomic E-state index is 11.9. The van der Waals surface area contributed by atoms with Gasteiger partial charge in [-0.05, 0) is 33.1 Å². The Morgan fingerprint density at radius 2 is 2.16 bits per heavy atom. The molecule has 0 saturated carbocycles. The molecule has 100 valence electrons. The summed E-state index contributed by atoms with van der Waals surface area (Å²) in [5, 5.41) is 4.74. The Morgan fingerprint density at radius 1 is 1.37 bits per heavy atom. The Kier molecular flexibility index (Phi) is 5.13. The Labute approximate surface area is 124 Å². The maximum Gasteiger partial charge on any atom is 0.252 e. The summed E-state index contributed by atoms with van der Waals surface area (Å²) < 4.78 is 6.05. The van der Waals surface area contributed by atoms with E-state index in [2.05, 4.69) is 21.2 Å². The van der Waals surface area contributed by atoms with Crippen LogP contribution in [0.15, 0.2) is 39.5 Å². The van der Waals surface area contributed by atoms with E-state index in [0.717, 1.165) is 14.9 Å². The van der Waals surface area contributed by atoms with Crippen LogP contribution in [0.25, 0.3) is 0 Å². The number of ether oxygens (including phenoxy) is 1. The van der Waals surface area contributed by atoms with Gasteiger partial charge < -0.3 is 10.1 Å². The highest BCUT2D eigenvalue weighted by molar-refractivity contribution is 9.11. The van der Waals surface area contributed by atoms with Gasteiger partial charge in [0.25, 0.3) is 5.91 Å². The van der Waals surface area contributed by atoms with Crippen molar-refractivity contribution in [3.05, 3.63) is 56.2 Å². The van der Waals surface area contributed by atoms with Gasteiger partial charge in [0.05, 0.1) is 16.0 Å². The van der Waals surface area contributed by atoms with Crippen molar-refractivity contribution in [3.63, 3.8) is 0 Å². The molecule has 3 nitrogen and oxygen atoms in total. The minimum Gasteiger partial charge on any atom is -0.380 e. The van der Waals surface area contributed by atoms with Gasteiger partial charge in [-0.1, -0.05) is 24.3 Å². The van der Waals surface area contributed by atoms with Gasteiger partial charge in [0.2, 0.25) is 0 Å².